The molecule has 0 aliphatic carbocycles. The number of rotatable bonds is 5. The molecule has 0 unspecified atom stereocenters. The summed E-state index contributed by atoms with van der Waals surface area (Å²) in [6, 6.07) is 3.69. The molecule has 0 spiro atoms. The van der Waals surface area contributed by atoms with Crippen LogP contribution in [0.25, 0.3) is 0 Å². The summed E-state index contributed by atoms with van der Waals surface area (Å²) < 4.78 is 0. The third-order valence-corrected chi connectivity index (χ3v) is 2.76. The fraction of sp³-hybridized carbons (Fsp3) is 0.273. The lowest BCUT2D eigenvalue weighted by molar-refractivity contribution is 0.941. The van der Waals surface area contributed by atoms with Gasteiger partial charge in [-0.1, -0.05) is 6.92 Å². The minimum Gasteiger partial charge on any atom is -0.370 e. The van der Waals surface area contributed by atoms with E-state index in [2.05, 4.69) is 32.2 Å². The highest BCUT2D eigenvalue weighted by Gasteiger charge is 2.02. The van der Waals surface area contributed by atoms with Crippen LogP contribution in [-0.2, 0) is 0 Å². The highest BCUT2D eigenvalue weighted by atomic mass is 32.2. The second-order valence-corrected chi connectivity index (χ2v) is 4.29. The van der Waals surface area contributed by atoms with Crippen molar-refractivity contribution in [1.82, 2.24) is 19.9 Å². The molecule has 2 heterocycles. The lowest BCUT2D eigenvalue weighted by Crippen LogP contribution is -2.02. The number of hydrogen-bond acceptors (Lipinski definition) is 6. The maximum absolute atomic E-state index is 4.17. The van der Waals surface area contributed by atoms with Gasteiger partial charge in [0.15, 0.2) is 5.16 Å². The summed E-state index contributed by atoms with van der Waals surface area (Å²) >= 11 is 1.42. The van der Waals surface area contributed by atoms with Crippen molar-refractivity contribution in [2.45, 2.75) is 23.5 Å². The van der Waals surface area contributed by atoms with Crippen LogP contribution in [0.4, 0.5) is 5.82 Å². The van der Waals surface area contributed by atoms with Gasteiger partial charge in [-0.05, 0) is 24.2 Å². The molecule has 0 aliphatic rings. The standard InChI is InChI=1S/C11H13N5S/c1-2-4-12-9-7-10(16-8-15-9)17-11-13-5-3-6-14-11/h3,5-8H,2,4H2,1H3,(H,12,15,16). The van der Waals surface area contributed by atoms with Crippen molar-refractivity contribution in [1.29, 1.82) is 0 Å². The molecule has 0 saturated carbocycles. The Balaban J connectivity index is 2.06. The molecule has 0 atom stereocenters. The Kier molecular flexibility index (Phi) is 4.26. The van der Waals surface area contributed by atoms with Crippen LogP contribution < -0.4 is 5.32 Å². The summed E-state index contributed by atoms with van der Waals surface area (Å²) in [5, 5.41) is 4.74. The molecule has 0 saturated heterocycles. The van der Waals surface area contributed by atoms with E-state index in [0.29, 0.717) is 5.16 Å². The van der Waals surface area contributed by atoms with E-state index in [1.54, 1.807) is 24.8 Å². The van der Waals surface area contributed by atoms with Gasteiger partial charge in [0.05, 0.1) is 0 Å². The first-order chi connectivity index (χ1) is 8.38. The van der Waals surface area contributed by atoms with Crippen LogP contribution in [0, 0.1) is 0 Å². The number of nitrogens with zero attached hydrogens (tertiary/aromatic N) is 4. The predicted molar refractivity (Wildman–Crippen MR) is 67.0 cm³/mol. The minimum atomic E-state index is 0.688. The molecule has 0 bridgehead atoms. The third kappa shape index (κ3) is 3.67. The van der Waals surface area contributed by atoms with Gasteiger partial charge in [0, 0.05) is 25.0 Å². The number of nitrogens with one attached hydrogen (secondary N) is 1. The van der Waals surface area contributed by atoms with Crippen molar-refractivity contribution in [2.24, 2.45) is 0 Å². The van der Waals surface area contributed by atoms with Gasteiger partial charge < -0.3 is 5.32 Å². The van der Waals surface area contributed by atoms with E-state index in [9.17, 15) is 0 Å². The lowest BCUT2D eigenvalue weighted by Gasteiger charge is -2.04. The third-order valence-electron chi connectivity index (χ3n) is 1.94. The monoisotopic (exact) mass is 247 g/mol. The zero-order valence-electron chi connectivity index (χ0n) is 9.50. The molecule has 0 radical (unpaired) electrons. The molecular formula is C11H13N5S. The highest BCUT2D eigenvalue weighted by Crippen LogP contribution is 2.22. The largest absolute Gasteiger partial charge is 0.370 e. The first-order valence-corrected chi connectivity index (χ1v) is 6.21. The quantitative estimate of drug-likeness (QED) is 0.645. The molecule has 0 fully saturated rings. The Morgan fingerprint density at radius 1 is 1.18 bits per heavy atom. The van der Waals surface area contributed by atoms with Crippen molar-refractivity contribution in [3.63, 3.8) is 0 Å². The van der Waals surface area contributed by atoms with Gasteiger partial charge in [0.25, 0.3) is 0 Å². The van der Waals surface area contributed by atoms with Crippen molar-refractivity contribution >= 4 is 17.6 Å². The van der Waals surface area contributed by atoms with E-state index in [4.69, 9.17) is 0 Å². The van der Waals surface area contributed by atoms with E-state index in [1.807, 2.05) is 6.07 Å². The fourth-order valence-electron chi connectivity index (χ4n) is 1.18. The van der Waals surface area contributed by atoms with Crippen molar-refractivity contribution in [2.75, 3.05) is 11.9 Å². The van der Waals surface area contributed by atoms with Crippen LogP contribution in [0.15, 0.2) is 41.0 Å². The van der Waals surface area contributed by atoms with E-state index >= 15 is 0 Å². The van der Waals surface area contributed by atoms with E-state index in [1.165, 1.54) is 11.8 Å². The smallest absolute Gasteiger partial charge is 0.193 e. The maximum Gasteiger partial charge on any atom is 0.193 e. The van der Waals surface area contributed by atoms with Crippen molar-refractivity contribution < 1.29 is 0 Å². The lowest BCUT2D eigenvalue weighted by atomic mass is 10.4. The molecule has 1 N–H and O–H groups in total. The first-order valence-electron chi connectivity index (χ1n) is 5.39. The fourth-order valence-corrected chi connectivity index (χ4v) is 1.86. The summed E-state index contributed by atoms with van der Waals surface area (Å²) in [5.41, 5.74) is 0. The van der Waals surface area contributed by atoms with Crippen LogP contribution in [0.2, 0.25) is 0 Å². The van der Waals surface area contributed by atoms with Gasteiger partial charge in [0.2, 0.25) is 0 Å². The predicted octanol–water partition coefficient (Wildman–Crippen LogP) is 2.24. The molecule has 17 heavy (non-hydrogen) atoms. The Hall–Kier alpha value is -1.69. The topological polar surface area (TPSA) is 63.6 Å². The summed E-state index contributed by atoms with van der Waals surface area (Å²) in [7, 11) is 0. The Labute approximate surface area is 104 Å². The van der Waals surface area contributed by atoms with Gasteiger partial charge in [-0.15, -0.1) is 0 Å². The molecule has 88 valence electrons. The van der Waals surface area contributed by atoms with Gasteiger partial charge in [-0.25, -0.2) is 19.9 Å². The molecule has 5 nitrogen and oxygen atoms in total. The number of hydrogen-bond donors (Lipinski definition) is 1. The van der Waals surface area contributed by atoms with Crippen LogP contribution in [0.3, 0.4) is 0 Å². The molecule has 6 heteroatoms. The number of anilines is 1. The molecule has 0 aromatic carbocycles. The van der Waals surface area contributed by atoms with Gasteiger partial charge in [-0.3, -0.25) is 0 Å². The molecule has 2 aromatic heterocycles. The minimum absolute atomic E-state index is 0.688. The van der Waals surface area contributed by atoms with Crippen LogP contribution in [-0.4, -0.2) is 26.5 Å². The van der Waals surface area contributed by atoms with Crippen LogP contribution in [0.1, 0.15) is 13.3 Å². The summed E-state index contributed by atoms with van der Waals surface area (Å²) in [6.07, 6.45) is 6.04. The van der Waals surface area contributed by atoms with E-state index < -0.39 is 0 Å². The van der Waals surface area contributed by atoms with Gasteiger partial charge in [-0.2, -0.15) is 0 Å². The molecule has 2 rings (SSSR count). The van der Waals surface area contributed by atoms with Gasteiger partial charge in [0.1, 0.15) is 17.2 Å². The second-order valence-electron chi connectivity index (χ2n) is 3.30. The molecule has 2 aromatic rings. The van der Waals surface area contributed by atoms with Crippen LogP contribution >= 0.6 is 11.8 Å². The molecule has 0 amide bonds. The highest BCUT2D eigenvalue weighted by molar-refractivity contribution is 7.99. The van der Waals surface area contributed by atoms with E-state index in [0.717, 1.165) is 23.8 Å². The van der Waals surface area contributed by atoms with Crippen LogP contribution in [0.5, 0.6) is 0 Å². The summed E-state index contributed by atoms with van der Waals surface area (Å²) in [6.45, 7) is 3.02. The number of aromatic nitrogens is 4. The second kappa shape index (κ2) is 6.15. The molecule has 0 aliphatic heterocycles. The summed E-state index contributed by atoms with van der Waals surface area (Å²) in [4.78, 5) is 16.6. The van der Waals surface area contributed by atoms with Crippen molar-refractivity contribution in [3.8, 4) is 0 Å². The Morgan fingerprint density at radius 3 is 2.76 bits per heavy atom. The zero-order valence-corrected chi connectivity index (χ0v) is 10.3. The maximum atomic E-state index is 4.17. The molecular weight excluding hydrogens is 234 g/mol. The average molecular weight is 247 g/mol. The van der Waals surface area contributed by atoms with Gasteiger partial charge >= 0.3 is 0 Å². The zero-order chi connectivity index (χ0) is 11.9. The normalized spacial score (nSPS) is 10.2. The average Bonchev–Trinajstić information content (AvgIpc) is 2.38. The van der Waals surface area contributed by atoms with Crippen molar-refractivity contribution in [3.05, 3.63) is 30.9 Å². The SMILES string of the molecule is CCCNc1cc(Sc2ncccn2)ncn1. The Bertz CT molecular complexity index is 462. The Morgan fingerprint density at radius 2 is 2.00 bits per heavy atom. The first kappa shape index (κ1) is 11.8. The summed E-state index contributed by atoms with van der Waals surface area (Å²) in [5.74, 6) is 0.834. The van der Waals surface area contributed by atoms with E-state index in [-0.39, 0.29) is 0 Å².